The molecule has 12 rings (SSSR count). The summed E-state index contributed by atoms with van der Waals surface area (Å²) in [6.07, 6.45) is 15.1. The molecule has 2 fully saturated rings. The average molecular weight is 883 g/mol. The van der Waals surface area contributed by atoms with Crippen molar-refractivity contribution >= 4 is 66.3 Å². The normalized spacial score (nSPS) is 17.9. The van der Waals surface area contributed by atoms with Crippen molar-refractivity contribution in [2.45, 2.75) is 96.9 Å². The quantitative estimate of drug-likeness (QED) is 0.126. The topological polar surface area (TPSA) is 6.48 Å². The van der Waals surface area contributed by atoms with Crippen LogP contribution in [-0.2, 0) is 0 Å². The Morgan fingerprint density at radius 3 is 1.65 bits per heavy atom. The third kappa shape index (κ3) is 7.32. The molecule has 2 heteroatoms. The van der Waals surface area contributed by atoms with Gasteiger partial charge in [0.15, 0.2) is 0 Å². The van der Waals surface area contributed by atoms with Gasteiger partial charge in [0, 0.05) is 33.8 Å². The van der Waals surface area contributed by atoms with E-state index < -0.39 is 0 Å². The van der Waals surface area contributed by atoms with Gasteiger partial charge in [-0.05, 0) is 161 Å². The second-order valence-electron chi connectivity index (χ2n) is 20.4. The summed E-state index contributed by atoms with van der Waals surface area (Å²) < 4.78 is 0. The van der Waals surface area contributed by atoms with Gasteiger partial charge in [0.25, 0.3) is 0 Å². The van der Waals surface area contributed by atoms with Gasteiger partial charge in [-0.25, -0.2) is 0 Å². The highest BCUT2D eigenvalue weighted by Gasteiger charge is 2.34. The van der Waals surface area contributed by atoms with Gasteiger partial charge in [-0.15, -0.1) is 0 Å². The van der Waals surface area contributed by atoms with Crippen LogP contribution in [0.3, 0.4) is 0 Å². The van der Waals surface area contributed by atoms with Gasteiger partial charge in [-0.1, -0.05) is 184 Å². The number of benzene rings is 9. The van der Waals surface area contributed by atoms with Gasteiger partial charge in [-0.3, -0.25) is 0 Å². The minimum Gasteiger partial charge on any atom is -0.333 e. The summed E-state index contributed by atoms with van der Waals surface area (Å²) in [7, 11) is 0. The van der Waals surface area contributed by atoms with Crippen molar-refractivity contribution in [3.05, 3.63) is 215 Å². The molecule has 9 aromatic carbocycles. The molecular weight excluding hydrogens is 821 g/mol. The van der Waals surface area contributed by atoms with Crippen LogP contribution in [-0.4, -0.2) is 6.04 Å². The first kappa shape index (κ1) is 42.5. The van der Waals surface area contributed by atoms with E-state index in [9.17, 15) is 0 Å². The Balaban J connectivity index is 1.08. The van der Waals surface area contributed by atoms with Crippen LogP contribution in [0, 0.1) is 19.8 Å². The lowest BCUT2D eigenvalue weighted by atomic mass is 9.79. The van der Waals surface area contributed by atoms with Crippen LogP contribution in [0.4, 0.5) is 28.4 Å². The Labute approximate surface area is 403 Å². The number of rotatable bonds is 10. The molecule has 68 heavy (non-hydrogen) atoms. The predicted molar refractivity (Wildman–Crippen MR) is 292 cm³/mol. The Morgan fingerprint density at radius 2 is 1.01 bits per heavy atom. The highest BCUT2D eigenvalue weighted by atomic mass is 15.2. The summed E-state index contributed by atoms with van der Waals surface area (Å²) in [6.45, 7) is 9.42. The summed E-state index contributed by atoms with van der Waals surface area (Å²) in [6, 6.07) is 65.1. The molecule has 0 N–H and O–H groups in total. The van der Waals surface area contributed by atoms with Gasteiger partial charge in [0.2, 0.25) is 0 Å². The van der Waals surface area contributed by atoms with Crippen molar-refractivity contribution in [1.82, 2.24) is 0 Å². The number of nitrogens with zero attached hydrogens (tertiary/aromatic N) is 2. The van der Waals surface area contributed by atoms with Gasteiger partial charge < -0.3 is 9.80 Å². The van der Waals surface area contributed by atoms with E-state index in [0.717, 1.165) is 0 Å². The molecule has 2 nitrogen and oxygen atoms in total. The maximum Gasteiger partial charge on any atom is 0.0618 e. The predicted octanol–water partition coefficient (Wildman–Crippen LogP) is 18.8. The van der Waals surface area contributed by atoms with Crippen molar-refractivity contribution < 1.29 is 0 Å². The Bertz CT molecular complexity index is 3360. The fourth-order valence-corrected chi connectivity index (χ4v) is 12.9. The van der Waals surface area contributed by atoms with Crippen LogP contribution in [0.2, 0.25) is 0 Å². The molecule has 0 amide bonds. The minimum absolute atomic E-state index is 0.119. The molecule has 3 aliphatic rings. The lowest BCUT2D eigenvalue weighted by Gasteiger charge is -2.42. The van der Waals surface area contributed by atoms with E-state index in [-0.39, 0.29) is 12.0 Å². The standard InChI is InChI=1S/C66H62N2/c1-43-29-35-57(49-21-7-5-8-22-49)45(3)65(43)67(55-27-15-25-53(41-55)47-17-11-12-18-47)61-39-33-51-32-38-60-62(40-34-52-31-37-59(61)63(51)64(52)60)68(56-28-16-26-54(42-56)48-19-13-14-20-48)66-44(2)30-36-58(46(66)4)50-23-9-6-10-24-50/h5-10,15-16,21-42,45,47-48,65H,11-14,17-20H2,1-4H3. The van der Waals surface area contributed by atoms with Crippen molar-refractivity contribution in [2.75, 3.05) is 9.80 Å². The van der Waals surface area contributed by atoms with E-state index in [1.54, 1.807) is 0 Å². The average Bonchev–Trinajstić information content (AvgIpc) is 4.14. The Hall–Kier alpha value is -6.90. The second-order valence-corrected chi connectivity index (χ2v) is 20.4. The molecule has 0 aliphatic heterocycles. The molecule has 0 bridgehead atoms. The van der Waals surface area contributed by atoms with E-state index in [1.807, 2.05) is 0 Å². The van der Waals surface area contributed by atoms with Crippen LogP contribution in [0.1, 0.15) is 105 Å². The van der Waals surface area contributed by atoms with E-state index in [0.29, 0.717) is 11.8 Å². The third-order valence-electron chi connectivity index (χ3n) is 16.3. The summed E-state index contributed by atoms with van der Waals surface area (Å²) in [5.74, 6) is 1.48. The molecule has 9 aromatic rings. The highest BCUT2D eigenvalue weighted by molar-refractivity contribution is 6.28. The fourth-order valence-electron chi connectivity index (χ4n) is 12.9. The highest BCUT2D eigenvalue weighted by Crippen LogP contribution is 2.51. The van der Waals surface area contributed by atoms with E-state index in [1.165, 1.54) is 162 Å². The molecule has 2 saturated carbocycles. The third-order valence-corrected chi connectivity index (χ3v) is 16.3. The van der Waals surface area contributed by atoms with Gasteiger partial charge >= 0.3 is 0 Å². The number of anilines is 5. The largest absolute Gasteiger partial charge is 0.333 e. The molecule has 2 atom stereocenters. The van der Waals surface area contributed by atoms with Crippen LogP contribution < -0.4 is 9.80 Å². The lowest BCUT2D eigenvalue weighted by Crippen LogP contribution is -2.39. The van der Waals surface area contributed by atoms with Gasteiger partial charge in [0.1, 0.15) is 0 Å². The number of hydrogen-bond donors (Lipinski definition) is 0. The molecule has 2 unspecified atom stereocenters. The van der Waals surface area contributed by atoms with Crippen LogP contribution >= 0.6 is 0 Å². The molecule has 336 valence electrons. The number of aryl methyl sites for hydroxylation is 1. The van der Waals surface area contributed by atoms with Gasteiger partial charge in [-0.2, -0.15) is 0 Å². The molecule has 0 heterocycles. The monoisotopic (exact) mass is 882 g/mol. The number of hydrogen-bond acceptors (Lipinski definition) is 2. The molecule has 0 saturated heterocycles. The molecular formula is C66H62N2. The Morgan fingerprint density at radius 1 is 0.471 bits per heavy atom. The fraction of sp³-hybridized carbons (Fsp3) is 0.242. The molecule has 0 spiro atoms. The second kappa shape index (κ2) is 17.6. The first-order chi connectivity index (χ1) is 33.4. The maximum atomic E-state index is 2.72. The molecule has 3 aliphatic carbocycles. The zero-order valence-electron chi connectivity index (χ0n) is 40.2. The SMILES string of the molecule is CC1=CC=C(c2ccccc2)C(C)C1N(c1cccc(C2CCCC2)c1)c1ccc2ccc3c(N(c4cccc(C5CCCC5)c4)c4c(C)ccc(-c5ccccc5)c4C)ccc4ccc1c2c43. The van der Waals surface area contributed by atoms with E-state index >= 15 is 0 Å². The van der Waals surface area contributed by atoms with Crippen molar-refractivity contribution in [3.8, 4) is 11.1 Å². The summed E-state index contributed by atoms with van der Waals surface area (Å²) in [5, 5.41) is 7.80. The van der Waals surface area contributed by atoms with Crippen LogP contribution in [0.5, 0.6) is 0 Å². The van der Waals surface area contributed by atoms with Crippen LogP contribution in [0.25, 0.3) is 49.0 Å². The molecule has 0 radical (unpaired) electrons. The van der Waals surface area contributed by atoms with Gasteiger partial charge in [0.05, 0.1) is 17.4 Å². The maximum absolute atomic E-state index is 2.72. The first-order valence-electron chi connectivity index (χ1n) is 25.5. The van der Waals surface area contributed by atoms with E-state index in [4.69, 9.17) is 0 Å². The zero-order valence-corrected chi connectivity index (χ0v) is 40.2. The first-order valence-corrected chi connectivity index (χ1v) is 25.5. The van der Waals surface area contributed by atoms with Crippen molar-refractivity contribution in [2.24, 2.45) is 5.92 Å². The zero-order chi connectivity index (χ0) is 45.9. The minimum atomic E-state index is 0.119. The van der Waals surface area contributed by atoms with Crippen molar-refractivity contribution in [1.29, 1.82) is 0 Å². The smallest absolute Gasteiger partial charge is 0.0618 e. The Kier molecular flexibility index (Phi) is 11.0. The number of allylic oxidation sites excluding steroid dienone is 2. The summed E-state index contributed by atoms with van der Waals surface area (Å²) in [4.78, 5) is 5.33. The summed E-state index contributed by atoms with van der Waals surface area (Å²) >= 11 is 0. The lowest BCUT2D eigenvalue weighted by molar-refractivity contribution is 0.598. The molecule has 0 aromatic heterocycles. The van der Waals surface area contributed by atoms with Crippen molar-refractivity contribution in [3.63, 3.8) is 0 Å². The van der Waals surface area contributed by atoms with Crippen LogP contribution in [0.15, 0.2) is 188 Å². The summed E-state index contributed by atoms with van der Waals surface area (Å²) in [5.41, 5.74) is 18.3. The van der Waals surface area contributed by atoms with E-state index in [2.05, 4.69) is 220 Å².